The maximum Gasteiger partial charge on any atom is 0.251 e. The van der Waals surface area contributed by atoms with Crippen LogP contribution in [0, 0.1) is 6.92 Å². The van der Waals surface area contributed by atoms with Crippen molar-refractivity contribution >= 4 is 28.6 Å². The molecular formula is C20H20ClN3O2. The van der Waals surface area contributed by atoms with Crippen molar-refractivity contribution in [3.05, 3.63) is 58.7 Å². The van der Waals surface area contributed by atoms with Crippen LogP contribution >= 0.6 is 11.6 Å². The van der Waals surface area contributed by atoms with Crippen LogP contribution in [0.2, 0.25) is 5.02 Å². The van der Waals surface area contributed by atoms with Crippen LogP contribution in [0.25, 0.3) is 11.1 Å². The van der Waals surface area contributed by atoms with Gasteiger partial charge in [-0.25, -0.2) is 4.98 Å². The van der Waals surface area contributed by atoms with E-state index in [4.69, 9.17) is 16.0 Å². The third kappa shape index (κ3) is 3.58. The summed E-state index contributed by atoms with van der Waals surface area (Å²) in [5.74, 6) is 1.03. The molecule has 1 fully saturated rings. The molecule has 26 heavy (non-hydrogen) atoms. The molecule has 4 rings (SSSR count). The van der Waals surface area contributed by atoms with Gasteiger partial charge in [-0.15, -0.1) is 0 Å². The third-order valence-corrected chi connectivity index (χ3v) is 5.17. The number of nitrogens with zero attached hydrogens (tertiary/aromatic N) is 2. The predicted molar refractivity (Wildman–Crippen MR) is 100 cm³/mol. The topological polar surface area (TPSA) is 68.0 Å². The van der Waals surface area contributed by atoms with Gasteiger partial charge in [0, 0.05) is 34.4 Å². The van der Waals surface area contributed by atoms with Crippen LogP contribution < -0.4 is 5.32 Å². The molecule has 3 aromatic rings. The van der Waals surface area contributed by atoms with Gasteiger partial charge in [0.05, 0.1) is 0 Å². The van der Waals surface area contributed by atoms with Gasteiger partial charge in [0.1, 0.15) is 5.52 Å². The Kier molecular flexibility index (Phi) is 4.64. The number of carbonyl (C=O) groups excluding carboxylic acids is 1. The van der Waals surface area contributed by atoms with E-state index in [0.29, 0.717) is 10.6 Å². The van der Waals surface area contributed by atoms with Crippen LogP contribution in [0.15, 0.2) is 40.9 Å². The minimum absolute atomic E-state index is 0.0320. The van der Waals surface area contributed by atoms with Gasteiger partial charge in [0.25, 0.3) is 5.91 Å². The zero-order valence-electron chi connectivity index (χ0n) is 14.5. The number of nitrogens with one attached hydrogen (secondary N) is 1. The first-order chi connectivity index (χ1) is 12.6. The number of halogens is 1. The summed E-state index contributed by atoms with van der Waals surface area (Å²) in [6.07, 6.45) is 5.39. The van der Waals surface area contributed by atoms with Gasteiger partial charge in [-0.1, -0.05) is 11.6 Å². The fourth-order valence-corrected chi connectivity index (χ4v) is 3.70. The van der Waals surface area contributed by atoms with Crippen molar-refractivity contribution in [2.75, 3.05) is 0 Å². The maximum absolute atomic E-state index is 12.4. The Balaban J connectivity index is 1.38. The van der Waals surface area contributed by atoms with Crippen molar-refractivity contribution in [3.63, 3.8) is 0 Å². The van der Waals surface area contributed by atoms with Gasteiger partial charge >= 0.3 is 0 Å². The van der Waals surface area contributed by atoms with Gasteiger partial charge < -0.3 is 9.73 Å². The molecule has 0 radical (unpaired) electrons. The maximum atomic E-state index is 12.4. The molecule has 0 bridgehead atoms. The summed E-state index contributed by atoms with van der Waals surface area (Å²) in [6, 6.07) is 9.24. The number of aryl methyl sites for hydroxylation is 1. The lowest BCUT2D eigenvalue weighted by Gasteiger charge is -2.27. The van der Waals surface area contributed by atoms with E-state index < -0.39 is 0 Å². The van der Waals surface area contributed by atoms with E-state index >= 15 is 0 Å². The molecule has 0 spiro atoms. The molecule has 0 aliphatic heterocycles. The van der Waals surface area contributed by atoms with Crippen LogP contribution in [0.5, 0.6) is 0 Å². The molecule has 1 saturated carbocycles. The Morgan fingerprint density at radius 1 is 1.19 bits per heavy atom. The van der Waals surface area contributed by atoms with Gasteiger partial charge in [-0.2, -0.15) is 0 Å². The van der Waals surface area contributed by atoms with Gasteiger partial charge in [0.15, 0.2) is 11.5 Å². The summed E-state index contributed by atoms with van der Waals surface area (Å²) < 4.78 is 5.90. The van der Waals surface area contributed by atoms with Crippen molar-refractivity contribution in [2.24, 2.45) is 0 Å². The van der Waals surface area contributed by atoms with Crippen molar-refractivity contribution < 1.29 is 9.21 Å². The number of benzene rings is 1. The minimum Gasteiger partial charge on any atom is -0.440 e. The van der Waals surface area contributed by atoms with E-state index in [9.17, 15) is 4.79 Å². The largest absolute Gasteiger partial charge is 0.440 e. The standard InChI is InChI=1S/C20H20ClN3O2/c1-12-10-14(8-9-22-12)19(25)23-16-5-2-13(3-6-16)20-24-17-11-15(21)4-7-18(17)26-20/h4,7-11,13,16H,2-3,5-6H2,1H3,(H,23,25). The highest BCUT2D eigenvalue weighted by atomic mass is 35.5. The Morgan fingerprint density at radius 3 is 2.77 bits per heavy atom. The lowest BCUT2D eigenvalue weighted by Crippen LogP contribution is -2.37. The molecule has 0 unspecified atom stereocenters. The fourth-order valence-electron chi connectivity index (χ4n) is 3.53. The fraction of sp³-hybridized carbons (Fsp3) is 0.350. The monoisotopic (exact) mass is 369 g/mol. The van der Waals surface area contributed by atoms with Crippen LogP contribution in [0.3, 0.4) is 0 Å². The Hall–Kier alpha value is -2.40. The molecule has 134 valence electrons. The second-order valence-corrected chi connectivity index (χ2v) is 7.31. The Labute approximate surface area is 156 Å². The van der Waals surface area contributed by atoms with E-state index in [1.165, 1.54) is 0 Å². The number of hydrogen-bond acceptors (Lipinski definition) is 4. The molecular weight excluding hydrogens is 350 g/mol. The van der Waals surface area contributed by atoms with Crippen molar-refractivity contribution in [1.29, 1.82) is 0 Å². The summed E-state index contributed by atoms with van der Waals surface area (Å²) in [5, 5.41) is 3.80. The molecule has 2 heterocycles. The van der Waals surface area contributed by atoms with Crippen LogP contribution in [-0.2, 0) is 0 Å². The number of fused-ring (bicyclic) bond motifs is 1. The second kappa shape index (κ2) is 7.08. The van der Waals surface area contributed by atoms with E-state index in [0.717, 1.165) is 48.4 Å². The molecule has 0 saturated heterocycles. The number of carbonyl (C=O) groups is 1. The molecule has 1 aliphatic carbocycles. The first-order valence-electron chi connectivity index (χ1n) is 8.88. The van der Waals surface area contributed by atoms with Crippen LogP contribution in [0.4, 0.5) is 0 Å². The average molecular weight is 370 g/mol. The summed E-state index contributed by atoms with van der Waals surface area (Å²) in [4.78, 5) is 21.1. The third-order valence-electron chi connectivity index (χ3n) is 4.94. The molecule has 6 heteroatoms. The summed E-state index contributed by atoms with van der Waals surface area (Å²) >= 11 is 6.02. The zero-order chi connectivity index (χ0) is 18.1. The number of pyridine rings is 1. The Bertz CT molecular complexity index is 945. The summed E-state index contributed by atoms with van der Waals surface area (Å²) in [7, 11) is 0. The van der Waals surface area contributed by atoms with E-state index in [2.05, 4.69) is 15.3 Å². The lowest BCUT2D eigenvalue weighted by atomic mass is 9.86. The molecule has 0 atom stereocenters. The van der Waals surface area contributed by atoms with Crippen molar-refractivity contribution in [1.82, 2.24) is 15.3 Å². The Morgan fingerprint density at radius 2 is 2.00 bits per heavy atom. The smallest absolute Gasteiger partial charge is 0.251 e. The molecule has 1 amide bonds. The average Bonchev–Trinajstić information content (AvgIpc) is 3.05. The number of rotatable bonds is 3. The predicted octanol–water partition coefficient (Wildman–Crippen LogP) is 4.64. The van der Waals surface area contributed by atoms with Crippen LogP contribution in [0.1, 0.15) is 53.5 Å². The lowest BCUT2D eigenvalue weighted by molar-refractivity contribution is 0.0924. The van der Waals surface area contributed by atoms with E-state index in [1.807, 2.05) is 31.2 Å². The van der Waals surface area contributed by atoms with Gasteiger partial charge in [-0.05, 0) is 62.9 Å². The highest BCUT2D eigenvalue weighted by molar-refractivity contribution is 6.31. The molecule has 1 aliphatic rings. The van der Waals surface area contributed by atoms with E-state index in [1.54, 1.807) is 12.3 Å². The molecule has 2 aromatic heterocycles. The van der Waals surface area contributed by atoms with Crippen LogP contribution in [-0.4, -0.2) is 21.9 Å². The van der Waals surface area contributed by atoms with E-state index in [-0.39, 0.29) is 17.9 Å². The summed E-state index contributed by atoms with van der Waals surface area (Å²) in [6.45, 7) is 1.88. The molecule has 5 nitrogen and oxygen atoms in total. The van der Waals surface area contributed by atoms with Crippen molar-refractivity contribution in [3.8, 4) is 0 Å². The first kappa shape index (κ1) is 17.0. The quantitative estimate of drug-likeness (QED) is 0.730. The van der Waals surface area contributed by atoms with Gasteiger partial charge in [-0.3, -0.25) is 9.78 Å². The minimum atomic E-state index is -0.0320. The van der Waals surface area contributed by atoms with Crippen molar-refractivity contribution in [2.45, 2.75) is 44.6 Å². The van der Waals surface area contributed by atoms with Gasteiger partial charge in [0.2, 0.25) is 0 Å². The highest BCUT2D eigenvalue weighted by Gasteiger charge is 2.27. The number of aromatic nitrogens is 2. The summed E-state index contributed by atoms with van der Waals surface area (Å²) in [5.41, 5.74) is 3.08. The molecule has 1 aromatic carbocycles. The molecule has 1 N–H and O–H groups in total. The zero-order valence-corrected chi connectivity index (χ0v) is 15.3. The number of hydrogen-bond donors (Lipinski definition) is 1. The normalized spacial score (nSPS) is 20.2. The highest BCUT2D eigenvalue weighted by Crippen LogP contribution is 2.34. The number of amides is 1. The second-order valence-electron chi connectivity index (χ2n) is 6.87. The SMILES string of the molecule is Cc1cc(C(=O)NC2CCC(c3nc4cc(Cl)ccc4o3)CC2)ccn1. The first-order valence-corrected chi connectivity index (χ1v) is 9.26. The number of oxazole rings is 1.